The maximum Gasteiger partial charge on any atom is 0.119 e. The highest BCUT2D eigenvalue weighted by atomic mass is 79.9. The molecule has 0 spiro atoms. The van der Waals surface area contributed by atoms with Crippen LogP contribution in [0, 0.1) is 10.8 Å². The van der Waals surface area contributed by atoms with E-state index in [0.29, 0.717) is 0 Å². The molecular formula is C13H9BrO. The molecule has 0 atom stereocenters. The second-order valence-electron chi connectivity index (χ2n) is 3.15. The Labute approximate surface area is 97.2 Å². The van der Waals surface area contributed by atoms with E-state index in [9.17, 15) is 0 Å². The van der Waals surface area contributed by atoms with Crippen molar-refractivity contribution >= 4 is 26.7 Å². The van der Waals surface area contributed by atoms with E-state index >= 15 is 0 Å². The first-order chi connectivity index (χ1) is 7.33. The van der Waals surface area contributed by atoms with E-state index in [4.69, 9.17) is 4.74 Å². The van der Waals surface area contributed by atoms with Gasteiger partial charge in [-0.2, -0.15) is 0 Å². The summed E-state index contributed by atoms with van der Waals surface area (Å²) in [6.45, 7) is 0. The normalized spacial score (nSPS) is 9.47. The molecule has 0 aliphatic rings. The first-order valence-corrected chi connectivity index (χ1v) is 5.32. The molecule has 0 unspecified atom stereocenters. The van der Waals surface area contributed by atoms with E-state index in [1.165, 1.54) is 5.39 Å². The minimum Gasteiger partial charge on any atom is -0.497 e. The second kappa shape index (κ2) is 4.37. The predicted octanol–water partition coefficient (Wildman–Crippen LogP) is 3.55. The molecule has 0 aromatic heterocycles. The average Bonchev–Trinajstić information content (AvgIpc) is 2.29. The number of hydrogen-bond acceptors (Lipinski definition) is 1. The average molecular weight is 261 g/mol. The third-order valence-electron chi connectivity index (χ3n) is 2.24. The van der Waals surface area contributed by atoms with E-state index in [1.54, 1.807) is 7.11 Å². The molecule has 0 aliphatic heterocycles. The first-order valence-electron chi connectivity index (χ1n) is 4.53. The maximum atomic E-state index is 5.16. The van der Waals surface area contributed by atoms with Crippen LogP contribution in [0.2, 0.25) is 0 Å². The van der Waals surface area contributed by atoms with E-state index in [-0.39, 0.29) is 0 Å². The molecule has 74 valence electrons. The Morgan fingerprint density at radius 3 is 2.53 bits per heavy atom. The Kier molecular flexibility index (Phi) is 2.94. The summed E-state index contributed by atoms with van der Waals surface area (Å²) in [4.78, 5) is 2.71. The van der Waals surface area contributed by atoms with Crippen LogP contribution in [-0.2, 0) is 0 Å². The summed E-state index contributed by atoms with van der Waals surface area (Å²) in [5, 5.41) is 2.33. The predicted molar refractivity (Wildman–Crippen MR) is 66.3 cm³/mol. The summed E-state index contributed by atoms with van der Waals surface area (Å²) in [7, 11) is 1.67. The van der Waals surface area contributed by atoms with Gasteiger partial charge in [-0.1, -0.05) is 18.1 Å². The van der Waals surface area contributed by atoms with Crippen molar-refractivity contribution in [2.75, 3.05) is 7.11 Å². The van der Waals surface area contributed by atoms with Crippen molar-refractivity contribution in [2.45, 2.75) is 0 Å². The number of fused-ring (bicyclic) bond motifs is 1. The SMILES string of the molecule is COc1ccc2cc(C#CBr)ccc2c1. The minimum atomic E-state index is 0.877. The van der Waals surface area contributed by atoms with Gasteiger partial charge in [0.1, 0.15) is 5.75 Å². The lowest BCUT2D eigenvalue weighted by Gasteiger charge is -2.02. The maximum absolute atomic E-state index is 5.16. The van der Waals surface area contributed by atoms with Crippen LogP contribution in [0.25, 0.3) is 10.8 Å². The number of methoxy groups -OCH3 is 1. The molecular weight excluding hydrogens is 252 g/mol. The van der Waals surface area contributed by atoms with Gasteiger partial charge in [0.05, 0.1) is 7.11 Å². The highest BCUT2D eigenvalue weighted by molar-refractivity contribution is 9.12. The lowest BCUT2D eigenvalue weighted by atomic mass is 10.1. The molecule has 2 heteroatoms. The summed E-state index contributed by atoms with van der Waals surface area (Å²) in [6, 6.07) is 12.1. The summed E-state index contributed by atoms with van der Waals surface area (Å²) >= 11 is 3.09. The Morgan fingerprint density at radius 1 is 1.07 bits per heavy atom. The standard InChI is InChI=1S/C13H9BrO/c1-15-13-5-4-11-8-10(6-7-14)2-3-12(11)9-13/h2-5,8-9H,1H3. The molecule has 0 amide bonds. The number of halogens is 1. The Bertz CT molecular complexity index is 549. The van der Waals surface area contributed by atoms with Gasteiger partial charge in [-0.15, -0.1) is 0 Å². The number of rotatable bonds is 1. The fourth-order valence-corrected chi connectivity index (χ4v) is 1.71. The van der Waals surface area contributed by atoms with Gasteiger partial charge in [0, 0.05) is 21.5 Å². The molecule has 0 fully saturated rings. The van der Waals surface area contributed by atoms with Gasteiger partial charge in [-0.25, -0.2) is 0 Å². The summed E-state index contributed by atoms with van der Waals surface area (Å²) in [6.07, 6.45) is 0. The summed E-state index contributed by atoms with van der Waals surface area (Å²) in [5.41, 5.74) is 1.00. The van der Waals surface area contributed by atoms with Gasteiger partial charge in [0.15, 0.2) is 0 Å². The lowest BCUT2D eigenvalue weighted by molar-refractivity contribution is 0.415. The molecule has 0 radical (unpaired) electrons. The third kappa shape index (κ3) is 2.14. The zero-order valence-corrected chi connectivity index (χ0v) is 9.84. The highest BCUT2D eigenvalue weighted by Gasteiger charge is 1.96. The van der Waals surface area contributed by atoms with Crippen molar-refractivity contribution in [1.82, 2.24) is 0 Å². The number of ether oxygens (including phenoxy) is 1. The quantitative estimate of drug-likeness (QED) is 0.713. The fraction of sp³-hybridized carbons (Fsp3) is 0.0769. The number of hydrogen-bond donors (Lipinski definition) is 0. The van der Waals surface area contributed by atoms with Crippen molar-refractivity contribution < 1.29 is 4.74 Å². The largest absolute Gasteiger partial charge is 0.497 e. The van der Waals surface area contributed by atoms with Gasteiger partial charge in [-0.05, 0) is 39.9 Å². The summed E-state index contributed by atoms with van der Waals surface area (Å²) in [5.74, 6) is 3.84. The van der Waals surface area contributed by atoms with Crippen molar-refractivity contribution in [3.8, 4) is 16.5 Å². The smallest absolute Gasteiger partial charge is 0.119 e. The van der Waals surface area contributed by atoms with E-state index in [1.807, 2.05) is 30.3 Å². The van der Waals surface area contributed by atoms with E-state index in [0.717, 1.165) is 16.7 Å². The molecule has 2 aromatic rings. The molecule has 2 aromatic carbocycles. The molecule has 0 N–H and O–H groups in total. The number of benzene rings is 2. The molecule has 0 heterocycles. The van der Waals surface area contributed by atoms with Crippen LogP contribution in [0.1, 0.15) is 5.56 Å². The molecule has 15 heavy (non-hydrogen) atoms. The van der Waals surface area contributed by atoms with Crippen molar-refractivity contribution in [3.63, 3.8) is 0 Å². The van der Waals surface area contributed by atoms with Gasteiger partial charge >= 0.3 is 0 Å². The third-order valence-corrected chi connectivity index (χ3v) is 2.44. The van der Waals surface area contributed by atoms with Gasteiger partial charge < -0.3 is 4.74 Å². The fourth-order valence-electron chi connectivity index (χ4n) is 1.48. The minimum absolute atomic E-state index is 0.877. The van der Waals surface area contributed by atoms with Crippen LogP contribution >= 0.6 is 15.9 Å². The molecule has 0 saturated heterocycles. The van der Waals surface area contributed by atoms with Gasteiger partial charge in [-0.3, -0.25) is 0 Å². The molecule has 1 nitrogen and oxygen atoms in total. The van der Waals surface area contributed by atoms with Crippen LogP contribution < -0.4 is 4.74 Å². The van der Waals surface area contributed by atoms with E-state index < -0.39 is 0 Å². The van der Waals surface area contributed by atoms with Crippen molar-refractivity contribution in [1.29, 1.82) is 0 Å². The Morgan fingerprint density at radius 2 is 1.80 bits per heavy atom. The van der Waals surface area contributed by atoms with Crippen LogP contribution in [0.5, 0.6) is 5.75 Å². The monoisotopic (exact) mass is 260 g/mol. The molecule has 0 aliphatic carbocycles. The van der Waals surface area contributed by atoms with Crippen molar-refractivity contribution in [2.24, 2.45) is 0 Å². The zero-order chi connectivity index (χ0) is 10.7. The molecule has 2 rings (SSSR count). The first kappa shape index (κ1) is 10.1. The summed E-state index contributed by atoms with van der Waals surface area (Å²) < 4.78 is 5.16. The molecule has 0 saturated carbocycles. The van der Waals surface area contributed by atoms with E-state index in [2.05, 4.69) is 32.7 Å². The Hall–Kier alpha value is -1.46. The second-order valence-corrected chi connectivity index (χ2v) is 3.54. The van der Waals surface area contributed by atoms with Gasteiger partial charge in [0.2, 0.25) is 0 Å². The Balaban J connectivity index is 2.57. The highest BCUT2D eigenvalue weighted by Crippen LogP contribution is 2.21. The van der Waals surface area contributed by atoms with Crippen LogP contribution in [0.15, 0.2) is 36.4 Å². The lowest BCUT2D eigenvalue weighted by Crippen LogP contribution is -1.82. The zero-order valence-electron chi connectivity index (χ0n) is 8.25. The van der Waals surface area contributed by atoms with Gasteiger partial charge in [0.25, 0.3) is 0 Å². The topological polar surface area (TPSA) is 9.23 Å². The van der Waals surface area contributed by atoms with Crippen molar-refractivity contribution in [3.05, 3.63) is 42.0 Å². The van der Waals surface area contributed by atoms with Crippen LogP contribution in [0.3, 0.4) is 0 Å². The van der Waals surface area contributed by atoms with Crippen LogP contribution in [-0.4, -0.2) is 7.11 Å². The molecule has 0 bridgehead atoms. The van der Waals surface area contributed by atoms with Crippen LogP contribution in [0.4, 0.5) is 0 Å².